The monoisotopic (exact) mass is 256 g/mol. The van der Waals surface area contributed by atoms with Gasteiger partial charge in [0.15, 0.2) is 0 Å². The molecule has 1 aromatic rings. The van der Waals surface area contributed by atoms with Gasteiger partial charge in [0, 0.05) is 54.0 Å². The minimum absolute atomic E-state index is 0.226. The zero-order valence-electron chi connectivity index (χ0n) is 9.69. The summed E-state index contributed by atoms with van der Waals surface area (Å²) in [6.45, 7) is 2.71. The first-order valence-electron chi connectivity index (χ1n) is 5.74. The van der Waals surface area contributed by atoms with E-state index in [2.05, 4.69) is 4.90 Å². The van der Waals surface area contributed by atoms with E-state index in [9.17, 15) is 8.60 Å². The van der Waals surface area contributed by atoms with Crippen molar-refractivity contribution in [1.29, 1.82) is 0 Å². The smallest absolute Gasteiger partial charge is 0.127 e. The van der Waals surface area contributed by atoms with Crippen molar-refractivity contribution in [3.05, 3.63) is 35.1 Å². The number of benzene rings is 1. The molecule has 0 saturated carbocycles. The molecule has 2 rings (SSSR count). The molecule has 0 radical (unpaired) electrons. The third-order valence-electron chi connectivity index (χ3n) is 3.01. The Morgan fingerprint density at radius 1 is 1.35 bits per heavy atom. The fraction of sp³-hybridized carbons (Fsp3) is 0.500. The molecule has 1 heterocycles. The van der Waals surface area contributed by atoms with Crippen molar-refractivity contribution in [2.75, 3.05) is 24.6 Å². The second-order valence-electron chi connectivity index (χ2n) is 4.25. The third kappa shape index (κ3) is 3.34. The van der Waals surface area contributed by atoms with Gasteiger partial charge in [-0.25, -0.2) is 4.39 Å². The van der Waals surface area contributed by atoms with Gasteiger partial charge in [0.25, 0.3) is 0 Å². The topological polar surface area (TPSA) is 46.3 Å². The van der Waals surface area contributed by atoms with Crippen LogP contribution in [-0.2, 0) is 23.9 Å². The summed E-state index contributed by atoms with van der Waals surface area (Å²) in [5.41, 5.74) is 7.10. The molecule has 5 heteroatoms. The lowest BCUT2D eigenvalue weighted by Crippen LogP contribution is -2.37. The van der Waals surface area contributed by atoms with Crippen LogP contribution in [0.25, 0.3) is 0 Å². The fourth-order valence-electron chi connectivity index (χ4n) is 1.97. The largest absolute Gasteiger partial charge is 0.326 e. The summed E-state index contributed by atoms with van der Waals surface area (Å²) in [5, 5.41) is 0. The van der Waals surface area contributed by atoms with Gasteiger partial charge in [-0.3, -0.25) is 9.11 Å². The number of halogens is 1. The molecular formula is C12H17FN2OS. The Balaban J connectivity index is 2.01. The first-order chi connectivity index (χ1) is 8.19. The van der Waals surface area contributed by atoms with Crippen LogP contribution in [0.3, 0.4) is 0 Å². The minimum atomic E-state index is -0.650. The van der Waals surface area contributed by atoms with E-state index in [1.54, 1.807) is 6.07 Å². The number of nitrogens with two attached hydrogens (primary N) is 1. The van der Waals surface area contributed by atoms with E-state index in [-0.39, 0.29) is 12.4 Å². The Morgan fingerprint density at radius 2 is 2.06 bits per heavy atom. The molecule has 1 aliphatic heterocycles. The molecule has 0 atom stereocenters. The van der Waals surface area contributed by atoms with Crippen molar-refractivity contribution in [2.45, 2.75) is 13.1 Å². The number of hydrogen-bond donors (Lipinski definition) is 1. The van der Waals surface area contributed by atoms with E-state index in [1.165, 1.54) is 6.07 Å². The van der Waals surface area contributed by atoms with Crippen molar-refractivity contribution in [3.8, 4) is 0 Å². The molecule has 0 unspecified atom stereocenters. The molecule has 1 aliphatic rings. The van der Waals surface area contributed by atoms with Crippen LogP contribution in [-0.4, -0.2) is 33.7 Å². The van der Waals surface area contributed by atoms with Crippen molar-refractivity contribution < 1.29 is 8.60 Å². The average Bonchev–Trinajstić information content (AvgIpc) is 2.34. The van der Waals surface area contributed by atoms with E-state index < -0.39 is 10.8 Å². The second kappa shape index (κ2) is 5.71. The van der Waals surface area contributed by atoms with Gasteiger partial charge in [0.1, 0.15) is 5.82 Å². The van der Waals surface area contributed by atoms with E-state index in [4.69, 9.17) is 5.73 Å². The van der Waals surface area contributed by atoms with E-state index in [0.29, 0.717) is 5.56 Å². The molecule has 0 aliphatic carbocycles. The zero-order chi connectivity index (χ0) is 12.3. The van der Waals surface area contributed by atoms with Crippen LogP contribution in [0.15, 0.2) is 18.2 Å². The van der Waals surface area contributed by atoms with Crippen molar-refractivity contribution in [2.24, 2.45) is 5.73 Å². The lowest BCUT2D eigenvalue weighted by Gasteiger charge is -2.26. The van der Waals surface area contributed by atoms with Crippen LogP contribution in [0.1, 0.15) is 11.1 Å². The molecule has 17 heavy (non-hydrogen) atoms. The van der Waals surface area contributed by atoms with Crippen molar-refractivity contribution >= 4 is 10.8 Å². The van der Waals surface area contributed by atoms with E-state index in [0.717, 1.165) is 36.7 Å². The number of rotatable bonds is 3. The highest BCUT2D eigenvalue weighted by molar-refractivity contribution is 7.85. The summed E-state index contributed by atoms with van der Waals surface area (Å²) in [7, 11) is -0.650. The Hall–Kier alpha value is -0.780. The van der Waals surface area contributed by atoms with Crippen LogP contribution in [0.5, 0.6) is 0 Å². The van der Waals surface area contributed by atoms with E-state index >= 15 is 0 Å². The fourth-order valence-corrected chi connectivity index (χ4v) is 3.10. The van der Waals surface area contributed by atoms with E-state index in [1.807, 2.05) is 6.07 Å². The Labute approximate surface area is 103 Å². The first-order valence-corrected chi connectivity index (χ1v) is 7.22. The standard InChI is InChI=1S/C12H17FN2OS/c13-12-2-1-10(7-11(12)8-14)9-15-3-5-17(16)6-4-15/h1-2,7H,3-6,8-9,14H2. The Kier molecular flexibility index (Phi) is 4.25. The maximum atomic E-state index is 13.3. The van der Waals surface area contributed by atoms with Crippen molar-refractivity contribution in [3.63, 3.8) is 0 Å². The van der Waals surface area contributed by atoms with Gasteiger partial charge in [-0.1, -0.05) is 12.1 Å². The van der Waals surface area contributed by atoms with Crippen molar-refractivity contribution in [1.82, 2.24) is 4.90 Å². The van der Waals surface area contributed by atoms with Crippen LogP contribution in [0.4, 0.5) is 4.39 Å². The third-order valence-corrected chi connectivity index (χ3v) is 4.28. The highest BCUT2D eigenvalue weighted by atomic mass is 32.2. The lowest BCUT2D eigenvalue weighted by molar-refractivity contribution is 0.291. The lowest BCUT2D eigenvalue weighted by atomic mass is 10.1. The predicted molar refractivity (Wildman–Crippen MR) is 67.4 cm³/mol. The molecule has 3 nitrogen and oxygen atoms in total. The maximum Gasteiger partial charge on any atom is 0.127 e. The number of hydrogen-bond acceptors (Lipinski definition) is 3. The Bertz CT molecular complexity index is 415. The van der Waals surface area contributed by atoms with Gasteiger partial charge < -0.3 is 5.73 Å². The van der Waals surface area contributed by atoms with Crippen LogP contribution in [0, 0.1) is 5.82 Å². The minimum Gasteiger partial charge on any atom is -0.326 e. The molecule has 0 spiro atoms. The molecular weight excluding hydrogens is 239 g/mol. The van der Waals surface area contributed by atoms with Gasteiger partial charge in [0.05, 0.1) is 0 Å². The first kappa shape index (κ1) is 12.7. The summed E-state index contributed by atoms with van der Waals surface area (Å²) in [4.78, 5) is 2.24. The van der Waals surface area contributed by atoms with Gasteiger partial charge in [-0.2, -0.15) is 0 Å². The summed E-state index contributed by atoms with van der Waals surface area (Å²) >= 11 is 0. The molecule has 0 bridgehead atoms. The van der Waals surface area contributed by atoms with Crippen LogP contribution in [0.2, 0.25) is 0 Å². The molecule has 1 saturated heterocycles. The number of nitrogens with zero attached hydrogens (tertiary/aromatic N) is 1. The highest BCUT2D eigenvalue weighted by Crippen LogP contribution is 2.13. The van der Waals surface area contributed by atoms with Gasteiger partial charge >= 0.3 is 0 Å². The van der Waals surface area contributed by atoms with Gasteiger partial charge in [-0.15, -0.1) is 0 Å². The second-order valence-corrected chi connectivity index (χ2v) is 5.95. The molecule has 94 valence electrons. The Morgan fingerprint density at radius 3 is 2.71 bits per heavy atom. The SMILES string of the molecule is NCc1cc(CN2CCS(=O)CC2)ccc1F. The van der Waals surface area contributed by atoms with Gasteiger partial charge in [-0.05, 0) is 11.6 Å². The molecule has 1 aromatic carbocycles. The van der Waals surface area contributed by atoms with Crippen LogP contribution >= 0.6 is 0 Å². The normalized spacial score (nSPS) is 18.5. The molecule has 2 N–H and O–H groups in total. The predicted octanol–water partition coefficient (Wildman–Crippen LogP) is 0.849. The summed E-state index contributed by atoms with van der Waals surface area (Å²) in [6.07, 6.45) is 0. The summed E-state index contributed by atoms with van der Waals surface area (Å²) in [6, 6.07) is 5.08. The van der Waals surface area contributed by atoms with Gasteiger partial charge in [0.2, 0.25) is 0 Å². The summed E-state index contributed by atoms with van der Waals surface area (Å²) in [5.74, 6) is 1.24. The quantitative estimate of drug-likeness (QED) is 0.872. The zero-order valence-corrected chi connectivity index (χ0v) is 10.5. The van der Waals surface area contributed by atoms with Crippen LogP contribution < -0.4 is 5.73 Å². The highest BCUT2D eigenvalue weighted by Gasteiger charge is 2.15. The molecule has 0 amide bonds. The molecule has 0 aromatic heterocycles. The molecule has 1 fully saturated rings. The summed E-state index contributed by atoms with van der Waals surface area (Å²) < 4.78 is 24.5. The maximum absolute atomic E-state index is 13.3. The average molecular weight is 256 g/mol.